The average Bonchev–Trinajstić information content (AvgIpc) is 2.96. The van der Waals surface area contributed by atoms with E-state index in [0.29, 0.717) is 23.0 Å². The maximum atomic E-state index is 11.9. The highest BCUT2D eigenvalue weighted by molar-refractivity contribution is 7.17. The molecule has 0 bridgehead atoms. The lowest BCUT2D eigenvalue weighted by atomic mass is 10.2. The lowest BCUT2D eigenvalue weighted by Crippen LogP contribution is -2.29. The molecule has 0 aromatic carbocycles. The van der Waals surface area contributed by atoms with Crippen molar-refractivity contribution in [1.82, 2.24) is 4.98 Å². The van der Waals surface area contributed by atoms with Gasteiger partial charge in [-0.1, -0.05) is 11.3 Å². The van der Waals surface area contributed by atoms with Crippen molar-refractivity contribution in [2.45, 2.75) is 32.0 Å². The van der Waals surface area contributed by atoms with Crippen molar-refractivity contribution in [3.05, 3.63) is 11.1 Å². The van der Waals surface area contributed by atoms with Gasteiger partial charge in [0.2, 0.25) is 0 Å². The van der Waals surface area contributed by atoms with Crippen LogP contribution in [-0.4, -0.2) is 35.4 Å². The van der Waals surface area contributed by atoms with Crippen LogP contribution in [0.1, 0.15) is 29.4 Å². The molecule has 3 N–H and O–H groups in total. The molecule has 0 saturated carbocycles. The molecule has 0 aliphatic carbocycles. The summed E-state index contributed by atoms with van der Waals surface area (Å²) in [6.07, 6.45) is 2.41. The van der Waals surface area contributed by atoms with E-state index in [0.717, 1.165) is 17.8 Å². The summed E-state index contributed by atoms with van der Waals surface area (Å²) >= 11 is 1.16. The lowest BCUT2D eigenvalue weighted by Gasteiger charge is -2.11. The van der Waals surface area contributed by atoms with Crippen molar-refractivity contribution in [1.29, 1.82) is 0 Å². The summed E-state index contributed by atoms with van der Waals surface area (Å²) in [5, 5.41) is 3.08. The number of nitrogens with zero attached hydrogens (tertiary/aromatic N) is 1. The standard InChI is InChI=1S/C11H15N3O3S/c1-6(15)9-5-13-11(18-9)14-10(16)8-3-2-7(4-12)17-8/h5,7-8H,2-4,12H2,1H3,(H,13,14,16)/t7-,8+/m1/s1. The Hall–Kier alpha value is -1.31. The van der Waals surface area contributed by atoms with E-state index < -0.39 is 6.10 Å². The van der Waals surface area contributed by atoms with Gasteiger partial charge in [-0.15, -0.1) is 0 Å². The molecular formula is C11H15N3O3S. The van der Waals surface area contributed by atoms with Gasteiger partial charge in [-0.2, -0.15) is 0 Å². The molecule has 1 saturated heterocycles. The molecular weight excluding hydrogens is 254 g/mol. The molecule has 1 amide bonds. The van der Waals surface area contributed by atoms with Gasteiger partial charge in [0.05, 0.1) is 17.2 Å². The van der Waals surface area contributed by atoms with Crippen LogP contribution in [-0.2, 0) is 9.53 Å². The van der Waals surface area contributed by atoms with Crippen LogP contribution >= 0.6 is 11.3 Å². The fraction of sp³-hybridized carbons (Fsp3) is 0.545. The molecule has 2 atom stereocenters. The summed E-state index contributed by atoms with van der Waals surface area (Å²) in [5.41, 5.74) is 5.48. The maximum absolute atomic E-state index is 11.9. The molecule has 1 aromatic rings. The molecule has 2 heterocycles. The van der Waals surface area contributed by atoms with Gasteiger partial charge in [-0.3, -0.25) is 14.9 Å². The lowest BCUT2D eigenvalue weighted by molar-refractivity contribution is -0.126. The minimum atomic E-state index is -0.469. The number of carbonyl (C=O) groups is 2. The fourth-order valence-corrected chi connectivity index (χ4v) is 2.47. The number of thiazole rings is 1. The quantitative estimate of drug-likeness (QED) is 0.788. The zero-order valence-electron chi connectivity index (χ0n) is 10.0. The number of ketones is 1. The summed E-state index contributed by atoms with van der Waals surface area (Å²) in [6, 6.07) is 0. The van der Waals surface area contributed by atoms with Crippen LogP contribution in [0.4, 0.5) is 5.13 Å². The van der Waals surface area contributed by atoms with Gasteiger partial charge in [0.1, 0.15) is 6.10 Å². The zero-order chi connectivity index (χ0) is 13.1. The van der Waals surface area contributed by atoms with Crippen LogP contribution in [0.15, 0.2) is 6.20 Å². The molecule has 6 nitrogen and oxygen atoms in total. The van der Waals surface area contributed by atoms with Crippen molar-refractivity contribution >= 4 is 28.2 Å². The number of hydrogen-bond acceptors (Lipinski definition) is 6. The summed E-state index contributed by atoms with van der Waals surface area (Å²) in [4.78, 5) is 27.5. The second kappa shape index (κ2) is 5.55. The van der Waals surface area contributed by atoms with Crippen LogP contribution in [0, 0.1) is 0 Å². The largest absolute Gasteiger partial charge is 0.364 e. The normalized spacial score (nSPS) is 23.0. The van der Waals surface area contributed by atoms with E-state index in [1.54, 1.807) is 0 Å². The van der Waals surface area contributed by atoms with Crippen LogP contribution in [0.25, 0.3) is 0 Å². The maximum Gasteiger partial charge on any atom is 0.255 e. The SMILES string of the molecule is CC(=O)c1cnc(NC(=O)[C@@H]2CC[C@H](CN)O2)s1. The van der Waals surface area contributed by atoms with E-state index in [4.69, 9.17) is 10.5 Å². The van der Waals surface area contributed by atoms with Crippen molar-refractivity contribution < 1.29 is 14.3 Å². The molecule has 98 valence electrons. The predicted molar refractivity (Wildman–Crippen MR) is 67.7 cm³/mol. The highest BCUT2D eigenvalue weighted by atomic mass is 32.1. The van der Waals surface area contributed by atoms with E-state index in [1.807, 2.05) is 0 Å². The third-order valence-electron chi connectivity index (χ3n) is 2.75. The smallest absolute Gasteiger partial charge is 0.255 e. The molecule has 1 aliphatic rings. The number of Topliss-reactive ketones (excluding diaryl/α,β-unsaturated/α-hetero) is 1. The Morgan fingerprint density at radius 2 is 2.39 bits per heavy atom. The van der Waals surface area contributed by atoms with Gasteiger partial charge in [0.15, 0.2) is 10.9 Å². The van der Waals surface area contributed by atoms with E-state index >= 15 is 0 Å². The number of rotatable bonds is 4. The molecule has 0 unspecified atom stereocenters. The van der Waals surface area contributed by atoms with Crippen LogP contribution in [0.2, 0.25) is 0 Å². The van der Waals surface area contributed by atoms with Crippen molar-refractivity contribution in [2.75, 3.05) is 11.9 Å². The highest BCUT2D eigenvalue weighted by Crippen LogP contribution is 2.22. The van der Waals surface area contributed by atoms with Gasteiger partial charge in [0, 0.05) is 13.5 Å². The Kier molecular flexibility index (Phi) is 4.05. The number of carbonyl (C=O) groups excluding carboxylic acids is 2. The molecule has 1 fully saturated rings. The van der Waals surface area contributed by atoms with E-state index in [9.17, 15) is 9.59 Å². The second-order valence-corrected chi connectivity index (χ2v) is 5.17. The Bertz CT molecular complexity index is 460. The Labute approximate surface area is 109 Å². The number of hydrogen-bond donors (Lipinski definition) is 2. The number of nitrogens with one attached hydrogen (secondary N) is 1. The van der Waals surface area contributed by atoms with Crippen LogP contribution in [0.3, 0.4) is 0 Å². The van der Waals surface area contributed by atoms with Gasteiger partial charge < -0.3 is 10.5 Å². The van der Waals surface area contributed by atoms with Gasteiger partial charge in [-0.25, -0.2) is 4.98 Å². The third-order valence-corrected chi connectivity index (χ3v) is 3.76. The first kappa shape index (κ1) is 13.1. The summed E-state index contributed by atoms with van der Waals surface area (Å²) in [6.45, 7) is 1.89. The van der Waals surface area contributed by atoms with Crippen LogP contribution in [0.5, 0.6) is 0 Å². The summed E-state index contributed by atoms with van der Waals surface area (Å²) < 4.78 is 5.47. The number of nitrogens with two attached hydrogens (primary N) is 1. The number of ether oxygens (including phenoxy) is 1. The van der Waals surface area contributed by atoms with E-state index in [-0.39, 0.29) is 17.8 Å². The Morgan fingerprint density at radius 1 is 1.61 bits per heavy atom. The first-order valence-corrected chi connectivity index (χ1v) is 6.55. The Morgan fingerprint density at radius 3 is 2.94 bits per heavy atom. The number of anilines is 1. The molecule has 2 rings (SSSR count). The minimum absolute atomic E-state index is 0.0372. The topological polar surface area (TPSA) is 94.3 Å². The molecule has 0 radical (unpaired) electrons. The third kappa shape index (κ3) is 2.92. The van der Waals surface area contributed by atoms with E-state index in [1.165, 1.54) is 13.1 Å². The van der Waals surface area contributed by atoms with Gasteiger partial charge >= 0.3 is 0 Å². The molecule has 1 aromatic heterocycles. The first-order chi connectivity index (χ1) is 8.60. The predicted octanol–water partition coefficient (Wildman–Crippen LogP) is 0.790. The fourth-order valence-electron chi connectivity index (χ4n) is 1.75. The highest BCUT2D eigenvalue weighted by Gasteiger charge is 2.30. The van der Waals surface area contributed by atoms with Crippen molar-refractivity contribution in [3.8, 4) is 0 Å². The monoisotopic (exact) mass is 269 g/mol. The molecule has 7 heteroatoms. The van der Waals surface area contributed by atoms with Gasteiger partial charge in [-0.05, 0) is 12.8 Å². The average molecular weight is 269 g/mol. The first-order valence-electron chi connectivity index (χ1n) is 5.73. The van der Waals surface area contributed by atoms with Crippen molar-refractivity contribution in [2.24, 2.45) is 5.73 Å². The molecule has 18 heavy (non-hydrogen) atoms. The van der Waals surface area contributed by atoms with Crippen LogP contribution < -0.4 is 11.1 Å². The summed E-state index contributed by atoms with van der Waals surface area (Å²) in [5.74, 6) is -0.288. The molecule has 0 spiro atoms. The number of amides is 1. The van der Waals surface area contributed by atoms with Gasteiger partial charge in [0.25, 0.3) is 5.91 Å². The molecule has 1 aliphatic heterocycles. The zero-order valence-corrected chi connectivity index (χ0v) is 10.8. The number of aromatic nitrogens is 1. The van der Waals surface area contributed by atoms with E-state index in [2.05, 4.69) is 10.3 Å². The van der Waals surface area contributed by atoms with Crippen molar-refractivity contribution in [3.63, 3.8) is 0 Å². The summed E-state index contributed by atoms with van der Waals surface area (Å²) in [7, 11) is 0. The second-order valence-electron chi connectivity index (χ2n) is 4.13. The Balaban J connectivity index is 1.93. The minimum Gasteiger partial charge on any atom is -0.364 e.